The first kappa shape index (κ1) is 29.6. The highest BCUT2D eigenvalue weighted by Gasteiger charge is 2.30. The van der Waals surface area contributed by atoms with Crippen LogP contribution in [-0.4, -0.2) is 69.3 Å². The second kappa shape index (κ2) is 13.8. The molecule has 4 amide bonds. The van der Waals surface area contributed by atoms with E-state index in [9.17, 15) is 14.4 Å². The van der Waals surface area contributed by atoms with Gasteiger partial charge in [-0.05, 0) is 86.2 Å². The van der Waals surface area contributed by atoms with Gasteiger partial charge in [0, 0.05) is 50.7 Å². The van der Waals surface area contributed by atoms with Crippen molar-refractivity contribution < 1.29 is 14.4 Å². The molecule has 1 saturated heterocycles. The molecule has 11 heteroatoms. The van der Waals surface area contributed by atoms with Crippen molar-refractivity contribution in [2.24, 2.45) is 0 Å². The molecule has 40 heavy (non-hydrogen) atoms. The molecule has 0 radical (unpaired) electrons. The van der Waals surface area contributed by atoms with E-state index in [2.05, 4.69) is 32.4 Å². The first-order valence-electron chi connectivity index (χ1n) is 13.4. The molecule has 9 nitrogen and oxygen atoms in total. The molecule has 212 valence electrons. The van der Waals surface area contributed by atoms with Gasteiger partial charge in [0.05, 0.1) is 16.8 Å². The van der Waals surface area contributed by atoms with Crippen LogP contribution in [0.1, 0.15) is 63.7 Å². The minimum atomic E-state index is -0.457. The van der Waals surface area contributed by atoms with Crippen LogP contribution in [0.3, 0.4) is 0 Å². The zero-order chi connectivity index (χ0) is 28.6. The molecule has 3 aromatic heterocycles. The Kier molecular flexibility index (Phi) is 10.2. The van der Waals surface area contributed by atoms with Crippen molar-refractivity contribution in [1.82, 2.24) is 30.4 Å². The fraction of sp³-hybridized carbons (Fsp3) is 0.414. The summed E-state index contributed by atoms with van der Waals surface area (Å²) in [4.78, 5) is 51.0. The average Bonchev–Trinajstić information content (AvgIpc) is 3.45. The predicted molar refractivity (Wildman–Crippen MR) is 157 cm³/mol. The number of rotatable bonds is 9. The smallest absolute Gasteiger partial charge is 0.324 e. The maximum atomic E-state index is 13.3. The van der Waals surface area contributed by atoms with Gasteiger partial charge in [-0.3, -0.25) is 19.9 Å². The molecule has 1 aliphatic rings. The molecule has 1 atom stereocenters. The fourth-order valence-corrected chi connectivity index (χ4v) is 6.07. The van der Waals surface area contributed by atoms with E-state index in [-0.39, 0.29) is 18.0 Å². The van der Waals surface area contributed by atoms with Crippen molar-refractivity contribution in [3.63, 3.8) is 0 Å². The molecule has 2 N–H and O–H groups in total. The number of carbonyl (C=O) groups is 3. The third-order valence-electron chi connectivity index (χ3n) is 7.34. The van der Waals surface area contributed by atoms with Gasteiger partial charge in [-0.2, -0.15) is 11.3 Å². The SMILES string of the molecule is Cc1cc(Cl)nc(C)c1C(=O)NCC[C@@H](C)N1CCC(N(Cc2ccsc2)C(=O)NC(=O)c2cccnc2)CC1. The lowest BCUT2D eigenvalue weighted by Gasteiger charge is -2.40. The largest absolute Gasteiger partial charge is 0.352 e. The Hall–Kier alpha value is -3.34. The van der Waals surface area contributed by atoms with Gasteiger partial charge < -0.3 is 15.1 Å². The van der Waals surface area contributed by atoms with Crippen molar-refractivity contribution in [2.75, 3.05) is 19.6 Å². The van der Waals surface area contributed by atoms with Gasteiger partial charge in [0.2, 0.25) is 0 Å². The molecular weight excluding hydrogens is 548 g/mol. The lowest BCUT2D eigenvalue weighted by atomic mass is 10.0. The van der Waals surface area contributed by atoms with E-state index in [0.717, 1.165) is 43.5 Å². The van der Waals surface area contributed by atoms with Gasteiger partial charge in [-0.1, -0.05) is 11.6 Å². The number of likely N-dealkylation sites (tertiary alicyclic amines) is 1. The molecule has 3 aromatic rings. The van der Waals surface area contributed by atoms with Gasteiger partial charge in [0.1, 0.15) is 5.15 Å². The van der Waals surface area contributed by atoms with Crippen LogP contribution in [0.25, 0.3) is 0 Å². The maximum Gasteiger partial charge on any atom is 0.324 e. The number of nitrogens with zero attached hydrogens (tertiary/aromatic N) is 4. The van der Waals surface area contributed by atoms with Crippen LogP contribution >= 0.6 is 22.9 Å². The highest BCUT2D eigenvalue weighted by Crippen LogP contribution is 2.23. The van der Waals surface area contributed by atoms with Crippen LogP contribution < -0.4 is 10.6 Å². The zero-order valence-electron chi connectivity index (χ0n) is 23.0. The van der Waals surface area contributed by atoms with Gasteiger partial charge >= 0.3 is 6.03 Å². The first-order valence-corrected chi connectivity index (χ1v) is 14.7. The number of nitrogens with one attached hydrogen (secondary N) is 2. The second-order valence-corrected chi connectivity index (χ2v) is 11.3. The second-order valence-electron chi connectivity index (χ2n) is 10.1. The van der Waals surface area contributed by atoms with E-state index in [1.165, 1.54) is 6.20 Å². The summed E-state index contributed by atoms with van der Waals surface area (Å²) >= 11 is 7.58. The highest BCUT2D eigenvalue weighted by atomic mass is 35.5. The quantitative estimate of drug-likeness (QED) is 0.350. The van der Waals surface area contributed by atoms with Crippen molar-refractivity contribution in [3.05, 3.63) is 80.5 Å². The van der Waals surface area contributed by atoms with Crippen molar-refractivity contribution in [1.29, 1.82) is 0 Å². The number of hydrogen-bond acceptors (Lipinski definition) is 7. The summed E-state index contributed by atoms with van der Waals surface area (Å²) in [5, 5.41) is 9.97. The Bertz CT molecular complexity index is 1290. The monoisotopic (exact) mass is 582 g/mol. The maximum absolute atomic E-state index is 13.3. The Morgan fingerprint density at radius 2 is 1.98 bits per heavy atom. The van der Waals surface area contributed by atoms with E-state index in [1.54, 1.807) is 47.6 Å². The standard InChI is InChI=1S/C29H35ClN6O3S/c1-19-15-25(30)33-21(3)26(19)28(38)32-11-6-20(2)35-12-7-24(8-13-35)36(17-22-9-14-40-18-22)29(39)34-27(37)23-5-4-10-31-16-23/h4-5,9-10,14-16,18,20,24H,6-8,11-13,17H2,1-3H3,(H,32,38)(H,34,37,39)/t20-/m1/s1. The molecule has 0 spiro atoms. The summed E-state index contributed by atoms with van der Waals surface area (Å²) in [6.07, 6.45) is 5.43. The van der Waals surface area contributed by atoms with E-state index < -0.39 is 11.9 Å². The molecule has 1 fully saturated rings. The Morgan fingerprint density at radius 1 is 1.20 bits per heavy atom. The minimum absolute atomic E-state index is 0.00751. The van der Waals surface area contributed by atoms with Crippen LogP contribution in [0.4, 0.5) is 4.79 Å². The van der Waals surface area contributed by atoms with Crippen LogP contribution in [0.15, 0.2) is 47.4 Å². The summed E-state index contributed by atoms with van der Waals surface area (Å²) in [5.41, 5.74) is 3.39. The summed E-state index contributed by atoms with van der Waals surface area (Å²) in [6.45, 7) is 8.45. The topological polar surface area (TPSA) is 108 Å². The van der Waals surface area contributed by atoms with Crippen LogP contribution in [-0.2, 0) is 6.54 Å². The van der Waals surface area contributed by atoms with Crippen molar-refractivity contribution in [3.8, 4) is 0 Å². The van der Waals surface area contributed by atoms with E-state index in [4.69, 9.17) is 11.6 Å². The van der Waals surface area contributed by atoms with Crippen LogP contribution in [0, 0.1) is 13.8 Å². The predicted octanol–water partition coefficient (Wildman–Crippen LogP) is 4.83. The molecule has 4 rings (SSSR count). The molecule has 0 bridgehead atoms. The zero-order valence-corrected chi connectivity index (χ0v) is 24.6. The van der Waals surface area contributed by atoms with E-state index >= 15 is 0 Å². The number of aromatic nitrogens is 2. The van der Waals surface area contributed by atoms with E-state index in [1.807, 2.05) is 23.8 Å². The van der Waals surface area contributed by atoms with Crippen molar-refractivity contribution >= 4 is 40.8 Å². The summed E-state index contributed by atoms with van der Waals surface area (Å²) in [5.74, 6) is -0.595. The lowest BCUT2D eigenvalue weighted by molar-refractivity contribution is 0.0854. The third kappa shape index (κ3) is 7.65. The van der Waals surface area contributed by atoms with Gasteiger partial charge in [-0.15, -0.1) is 0 Å². The summed E-state index contributed by atoms with van der Waals surface area (Å²) in [6, 6.07) is 6.88. The van der Waals surface area contributed by atoms with Gasteiger partial charge in [0.25, 0.3) is 11.8 Å². The molecule has 0 saturated carbocycles. The molecule has 0 aromatic carbocycles. The number of pyridine rings is 2. The Morgan fingerprint density at radius 3 is 2.62 bits per heavy atom. The molecule has 4 heterocycles. The number of halogens is 1. The minimum Gasteiger partial charge on any atom is -0.352 e. The van der Waals surface area contributed by atoms with Crippen LogP contribution in [0.2, 0.25) is 5.15 Å². The number of thiophene rings is 1. The number of hydrogen-bond donors (Lipinski definition) is 2. The van der Waals surface area contributed by atoms with Crippen LogP contribution in [0.5, 0.6) is 0 Å². The molecule has 1 aliphatic heterocycles. The third-order valence-corrected chi connectivity index (χ3v) is 8.27. The summed E-state index contributed by atoms with van der Waals surface area (Å²) < 4.78 is 0. The average molecular weight is 583 g/mol. The number of piperidine rings is 1. The Balaban J connectivity index is 1.30. The Labute approximate surface area is 244 Å². The summed E-state index contributed by atoms with van der Waals surface area (Å²) in [7, 11) is 0. The fourth-order valence-electron chi connectivity index (χ4n) is 5.12. The molecular formula is C29H35ClN6O3S. The normalized spacial score (nSPS) is 14.9. The van der Waals surface area contributed by atoms with E-state index in [0.29, 0.717) is 35.1 Å². The number of imide groups is 1. The first-order chi connectivity index (χ1) is 19.2. The van der Waals surface area contributed by atoms with Gasteiger partial charge in [0.15, 0.2) is 0 Å². The number of aryl methyl sites for hydroxylation is 2. The number of amides is 4. The molecule has 0 unspecified atom stereocenters. The van der Waals surface area contributed by atoms with Gasteiger partial charge in [-0.25, -0.2) is 9.78 Å². The number of carbonyl (C=O) groups excluding carboxylic acids is 3. The molecule has 0 aliphatic carbocycles. The van der Waals surface area contributed by atoms with Crippen molar-refractivity contribution in [2.45, 2.75) is 58.7 Å². The highest BCUT2D eigenvalue weighted by molar-refractivity contribution is 7.07. The number of urea groups is 1. The lowest BCUT2D eigenvalue weighted by Crippen LogP contribution is -2.52.